The molecule has 0 bridgehead atoms. The SMILES string of the molecule is Cn1ccc(CC(=O)C2(C)CCCNC2)n1. The van der Waals surface area contributed by atoms with Gasteiger partial charge in [0.15, 0.2) is 0 Å². The van der Waals surface area contributed by atoms with Crippen molar-refractivity contribution in [1.82, 2.24) is 15.1 Å². The number of piperidine rings is 1. The lowest BCUT2D eigenvalue weighted by Crippen LogP contribution is -2.44. The third kappa shape index (κ3) is 2.32. The highest BCUT2D eigenvalue weighted by Crippen LogP contribution is 2.27. The fraction of sp³-hybridized carbons (Fsp3) is 0.667. The van der Waals surface area contributed by atoms with Gasteiger partial charge in [0.2, 0.25) is 0 Å². The summed E-state index contributed by atoms with van der Waals surface area (Å²) in [5.41, 5.74) is 0.676. The smallest absolute Gasteiger partial charge is 0.146 e. The highest BCUT2D eigenvalue weighted by atomic mass is 16.1. The molecule has 0 aromatic carbocycles. The summed E-state index contributed by atoms with van der Waals surface area (Å²) in [6.07, 6.45) is 4.42. The number of nitrogens with one attached hydrogen (secondary N) is 1. The molecule has 4 heteroatoms. The Kier molecular flexibility index (Phi) is 3.10. The van der Waals surface area contributed by atoms with E-state index in [1.807, 2.05) is 19.3 Å². The van der Waals surface area contributed by atoms with Crippen molar-refractivity contribution in [2.45, 2.75) is 26.2 Å². The molecule has 0 radical (unpaired) electrons. The number of Topliss-reactive ketones (excluding diaryl/α,β-unsaturated/α-hetero) is 1. The minimum Gasteiger partial charge on any atom is -0.316 e. The summed E-state index contributed by atoms with van der Waals surface area (Å²) in [6.45, 7) is 3.90. The first kappa shape index (κ1) is 11.3. The first-order valence-electron chi connectivity index (χ1n) is 5.83. The summed E-state index contributed by atoms with van der Waals surface area (Å²) in [4.78, 5) is 12.2. The Hall–Kier alpha value is -1.16. The standard InChI is InChI=1S/C12H19N3O/c1-12(5-3-6-13-9-12)11(16)8-10-4-7-15(2)14-10/h4,7,13H,3,5-6,8-9H2,1-2H3. The molecule has 1 saturated heterocycles. The van der Waals surface area contributed by atoms with Gasteiger partial charge in [0, 0.05) is 25.2 Å². The normalized spacial score (nSPS) is 25.6. The van der Waals surface area contributed by atoms with Crippen LogP contribution < -0.4 is 5.32 Å². The maximum atomic E-state index is 12.2. The second kappa shape index (κ2) is 4.37. The number of carbonyl (C=O) groups is 1. The van der Waals surface area contributed by atoms with E-state index in [-0.39, 0.29) is 5.41 Å². The summed E-state index contributed by atoms with van der Waals surface area (Å²) >= 11 is 0. The van der Waals surface area contributed by atoms with Crippen LogP contribution >= 0.6 is 0 Å². The third-order valence-electron chi connectivity index (χ3n) is 3.38. The molecule has 4 nitrogen and oxygen atoms in total. The molecule has 0 aliphatic carbocycles. The highest BCUT2D eigenvalue weighted by molar-refractivity contribution is 5.86. The zero-order chi connectivity index (χ0) is 11.6. The van der Waals surface area contributed by atoms with Crippen molar-refractivity contribution in [1.29, 1.82) is 0 Å². The highest BCUT2D eigenvalue weighted by Gasteiger charge is 2.34. The van der Waals surface area contributed by atoms with Crippen LogP contribution in [0.4, 0.5) is 0 Å². The van der Waals surface area contributed by atoms with E-state index >= 15 is 0 Å². The van der Waals surface area contributed by atoms with E-state index in [2.05, 4.69) is 17.3 Å². The zero-order valence-corrected chi connectivity index (χ0v) is 9.99. The van der Waals surface area contributed by atoms with Crippen molar-refractivity contribution in [3.8, 4) is 0 Å². The number of ketones is 1. The molecule has 16 heavy (non-hydrogen) atoms. The van der Waals surface area contributed by atoms with Crippen LogP contribution in [0.25, 0.3) is 0 Å². The van der Waals surface area contributed by atoms with Crippen molar-refractivity contribution in [3.63, 3.8) is 0 Å². The van der Waals surface area contributed by atoms with E-state index in [0.717, 1.165) is 31.6 Å². The average molecular weight is 221 g/mol. The molecule has 2 rings (SSSR count). The van der Waals surface area contributed by atoms with Gasteiger partial charge in [0.1, 0.15) is 5.78 Å². The Balaban J connectivity index is 2.01. The number of carbonyl (C=O) groups excluding carboxylic acids is 1. The molecule has 1 aromatic heterocycles. The van der Waals surface area contributed by atoms with Crippen LogP contribution in [0.2, 0.25) is 0 Å². The lowest BCUT2D eigenvalue weighted by molar-refractivity contribution is -0.128. The second-order valence-corrected chi connectivity index (χ2v) is 4.92. The van der Waals surface area contributed by atoms with Crippen LogP contribution in [0.15, 0.2) is 12.3 Å². The lowest BCUT2D eigenvalue weighted by Gasteiger charge is -2.32. The third-order valence-corrected chi connectivity index (χ3v) is 3.38. The van der Waals surface area contributed by atoms with Gasteiger partial charge in [0.25, 0.3) is 0 Å². The Morgan fingerprint density at radius 2 is 2.50 bits per heavy atom. The van der Waals surface area contributed by atoms with Gasteiger partial charge in [-0.3, -0.25) is 9.48 Å². The summed E-state index contributed by atoms with van der Waals surface area (Å²) in [5, 5.41) is 7.55. The maximum absolute atomic E-state index is 12.2. The van der Waals surface area contributed by atoms with Crippen LogP contribution in [-0.2, 0) is 18.3 Å². The predicted molar refractivity (Wildman–Crippen MR) is 62.1 cm³/mol. The van der Waals surface area contributed by atoms with Crippen LogP contribution in [0.1, 0.15) is 25.5 Å². The quantitative estimate of drug-likeness (QED) is 0.825. The van der Waals surface area contributed by atoms with E-state index in [1.165, 1.54) is 0 Å². The molecule has 2 heterocycles. The van der Waals surface area contributed by atoms with Gasteiger partial charge in [-0.25, -0.2) is 0 Å². The first-order valence-corrected chi connectivity index (χ1v) is 5.83. The summed E-state index contributed by atoms with van der Waals surface area (Å²) in [7, 11) is 1.87. The predicted octanol–water partition coefficient (Wildman–Crippen LogP) is 0.921. The molecule has 1 unspecified atom stereocenters. The van der Waals surface area contributed by atoms with Crippen molar-refractivity contribution < 1.29 is 4.79 Å². The molecule has 88 valence electrons. The van der Waals surface area contributed by atoms with E-state index < -0.39 is 0 Å². The summed E-state index contributed by atoms with van der Waals surface area (Å²) < 4.78 is 1.74. The van der Waals surface area contributed by atoms with E-state index in [0.29, 0.717) is 12.2 Å². The first-order chi connectivity index (χ1) is 7.60. The van der Waals surface area contributed by atoms with Crippen molar-refractivity contribution in [2.75, 3.05) is 13.1 Å². The summed E-state index contributed by atoms with van der Waals surface area (Å²) in [6, 6.07) is 1.91. The van der Waals surface area contributed by atoms with Gasteiger partial charge >= 0.3 is 0 Å². The van der Waals surface area contributed by atoms with Crippen LogP contribution in [-0.4, -0.2) is 28.7 Å². The molecule has 1 aromatic rings. The van der Waals surface area contributed by atoms with Gasteiger partial charge in [-0.05, 0) is 25.5 Å². The summed E-state index contributed by atoms with van der Waals surface area (Å²) in [5.74, 6) is 0.304. The van der Waals surface area contributed by atoms with Crippen molar-refractivity contribution >= 4 is 5.78 Å². The average Bonchev–Trinajstić information content (AvgIpc) is 2.65. The molecule has 1 atom stereocenters. The number of aryl methyl sites for hydroxylation is 1. The van der Waals surface area contributed by atoms with Gasteiger partial charge in [-0.1, -0.05) is 6.92 Å². The molecular weight excluding hydrogens is 202 g/mol. The molecule has 1 aliphatic rings. The number of hydrogen-bond donors (Lipinski definition) is 1. The van der Waals surface area contributed by atoms with Crippen molar-refractivity contribution in [3.05, 3.63) is 18.0 Å². The number of hydrogen-bond acceptors (Lipinski definition) is 3. The van der Waals surface area contributed by atoms with Crippen LogP contribution in [0, 0.1) is 5.41 Å². The fourth-order valence-corrected chi connectivity index (χ4v) is 2.23. The largest absolute Gasteiger partial charge is 0.316 e. The van der Waals surface area contributed by atoms with Gasteiger partial charge < -0.3 is 5.32 Å². The van der Waals surface area contributed by atoms with Crippen molar-refractivity contribution in [2.24, 2.45) is 12.5 Å². The number of rotatable bonds is 3. The maximum Gasteiger partial charge on any atom is 0.146 e. The minimum atomic E-state index is -0.199. The van der Waals surface area contributed by atoms with E-state index in [9.17, 15) is 4.79 Å². The molecule has 1 N–H and O–H groups in total. The molecule has 0 spiro atoms. The van der Waals surface area contributed by atoms with Crippen LogP contribution in [0.5, 0.6) is 0 Å². The molecular formula is C12H19N3O. The fourth-order valence-electron chi connectivity index (χ4n) is 2.23. The Morgan fingerprint density at radius 1 is 1.69 bits per heavy atom. The molecule has 0 amide bonds. The molecule has 0 saturated carbocycles. The number of nitrogens with zero attached hydrogens (tertiary/aromatic N) is 2. The second-order valence-electron chi connectivity index (χ2n) is 4.92. The minimum absolute atomic E-state index is 0.199. The topological polar surface area (TPSA) is 46.9 Å². The van der Waals surface area contributed by atoms with Gasteiger partial charge in [-0.15, -0.1) is 0 Å². The Bertz CT molecular complexity index is 377. The lowest BCUT2D eigenvalue weighted by atomic mass is 9.77. The zero-order valence-electron chi connectivity index (χ0n) is 9.99. The number of aromatic nitrogens is 2. The molecule has 1 fully saturated rings. The van der Waals surface area contributed by atoms with Gasteiger partial charge in [-0.2, -0.15) is 5.10 Å². The van der Waals surface area contributed by atoms with E-state index in [1.54, 1.807) is 4.68 Å². The van der Waals surface area contributed by atoms with E-state index in [4.69, 9.17) is 0 Å². The van der Waals surface area contributed by atoms with Gasteiger partial charge in [0.05, 0.1) is 12.1 Å². The Labute approximate surface area is 96.0 Å². The molecule has 1 aliphatic heterocycles. The Morgan fingerprint density at radius 3 is 3.06 bits per heavy atom. The monoisotopic (exact) mass is 221 g/mol. The van der Waals surface area contributed by atoms with Crippen LogP contribution in [0.3, 0.4) is 0 Å².